The average molecular weight is 328 g/mol. The highest BCUT2D eigenvalue weighted by molar-refractivity contribution is 8.01. The van der Waals surface area contributed by atoms with Crippen molar-refractivity contribution in [3.05, 3.63) is 18.2 Å². The van der Waals surface area contributed by atoms with E-state index < -0.39 is 10.0 Å². The number of fused-ring (bicyclic) bond motifs is 1. The van der Waals surface area contributed by atoms with Gasteiger partial charge in [-0.25, -0.2) is 8.42 Å². The van der Waals surface area contributed by atoms with Gasteiger partial charge in [-0.05, 0) is 25.1 Å². The van der Waals surface area contributed by atoms with Crippen molar-refractivity contribution in [3.63, 3.8) is 0 Å². The van der Waals surface area contributed by atoms with Gasteiger partial charge in [0.25, 0.3) is 0 Å². The molecule has 2 heterocycles. The summed E-state index contributed by atoms with van der Waals surface area (Å²) < 4.78 is 31.7. The molecule has 3 rings (SSSR count). The van der Waals surface area contributed by atoms with Crippen LogP contribution in [0.1, 0.15) is 6.92 Å². The number of nitrogens with one attached hydrogen (secondary N) is 1. The number of carbonyl (C=O) groups excluding carboxylic acids is 1. The van der Waals surface area contributed by atoms with Gasteiger partial charge in [0.05, 0.1) is 29.0 Å². The third-order valence-corrected chi connectivity index (χ3v) is 6.56. The summed E-state index contributed by atoms with van der Waals surface area (Å²) >= 11 is 1.43. The highest BCUT2D eigenvalue weighted by Gasteiger charge is 2.29. The zero-order valence-electron chi connectivity index (χ0n) is 11.5. The summed E-state index contributed by atoms with van der Waals surface area (Å²) in [5, 5.41) is 2.59. The lowest BCUT2D eigenvalue weighted by molar-refractivity contribution is -0.115. The number of rotatable bonds is 2. The molecule has 1 saturated heterocycles. The maximum absolute atomic E-state index is 12.6. The number of carbonyl (C=O) groups is 1. The first-order valence-corrected chi connectivity index (χ1v) is 9.00. The molecule has 2 aliphatic rings. The second-order valence-electron chi connectivity index (χ2n) is 4.92. The van der Waals surface area contributed by atoms with E-state index in [1.165, 1.54) is 22.1 Å². The fourth-order valence-corrected chi connectivity index (χ4v) is 4.65. The van der Waals surface area contributed by atoms with E-state index in [2.05, 4.69) is 5.32 Å². The first-order valence-electron chi connectivity index (χ1n) is 6.68. The van der Waals surface area contributed by atoms with E-state index in [1.807, 2.05) is 6.92 Å². The molecule has 8 heteroatoms. The van der Waals surface area contributed by atoms with E-state index in [0.29, 0.717) is 32.0 Å². The van der Waals surface area contributed by atoms with Crippen molar-refractivity contribution in [1.29, 1.82) is 0 Å². The zero-order chi connectivity index (χ0) is 15.0. The van der Waals surface area contributed by atoms with Crippen molar-refractivity contribution in [2.24, 2.45) is 0 Å². The normalized spacial score (nSPS) is 23.5. The molecule has 1 fully saturated rings. The van der Waals surface area contributed by atoms with Crippen LogP contribution in [0.5, 0.6) is 0 Å². The van der Waals surface area contributed by atoms with Gasteiger partial charge in [-0.2, -0.15) is 4.31 Å². The first-order chi connectivity index (χ1) is 9.98. The second-order valence-corrected chi connectivity index (χ2v) is 8.24. The number of hydrogen-bond donors (Lipinski definition) is 1. The Morgan fingerprint density at radius 2 is 2.05 bits per heavy atom. The Morgan fingerprint density at radius 3 is 2.76 bits per heavy atom. The SMILES string of the molecule is CC1Sc2ccc(S(=O)(=O)N3CCOCC3)cc2NC1=O. The predicted molar refractivity (Wildman–Crippen MR) is 80.0 cm³/mol. The number of anilines is 1. The molecule has 0 aromatic heterocycles. The van der Waals surface area contributed by atoms with Gasteiger partial charge in [-0.15, -0.1) is 11.8 Å². The highest BCUT2D eigenvalue weighted by Crippen LogP contribution is 2.37. The molecule has 1 N–H and O–H groups in total. The van der Waals surface area contributed by atoms with Crippen molar-refractivity contribution in [2.45, 2.75) is 22.0 Å². The Labute approximate surface area is 127 Å². The minimum Gasteiger partial charge on any atom is -0.379 e. The molecule has 0 saturated carbocycles. The molecule has 114 valence electrons. The number of amides is 1. The molecular weight excluding hydrogens is 312 g/mol. The minimum atomic E-state index is -3.53. The molecule has 2 aliphatic heterocycles. The lowest BCUT2D eigenvalue weighted by atomic mass is 10.3. The van der Waals surface area contributed by atoms with E-state index in [9.17, 15) is 13.2 Å². The van der Waals surface area contributed by atoms with Gasteiger partial charge in [0.1, 0.15) is 0 Å². The standard InChI is InChI=1S/C13H16N2O4S2/c1-9-13(16)14-11-8-10(2-3-12(11)20-9)21(17,18)15-4-6-19-7-5-15/h2-3,8-9H,4-7H2,1H3,(H,14,16). The summed E-state index contributed by atoms with van der Waals surface area (Å²) in [7, 11) is -3.53. The Hall–Kier alpha value is -1.09. The number of hydrogen-bond acceptors (Lipinski definition) is 5. The van der Waals surface area contributed by atoms with Crippen LogP contribution in [-0.2, 0) is 19.6 Å². The predicted octanol–water partition coefficient (Wildman–Crippen LogP) is 1.14. The van der Waals surface area contributed by atoms with Gasteiger partial charge in [0, 0.05) is 18.0 Å². The second kappa shape index (κ2) is 5.60. The van der Waals surface area contributed by atoms with Crippen LogP contribution >= 0.6 is 11.8 Å². The summed E-state index contributed by atoms with van der Waals surface area (Å²) in [6, 6.07) is 4.89. The monoisotopic (exact) mass is 328 g/mol. The molecule has 1 amide bonds. The number of benzene rings is 1. The number of morpholine rings is 1. The van der Waals surface area contributed by atoms with Crippen molar-refractivity contribution < 1.29 is 17.9 Å². The van der Waals surface area contributed by atoms with Crippen molar-refractivity contribution in [1.82, 2.24) is 4.31 Å². The van der Waals surface area contributed by atoms with E-state index >= 15 is 0 Å². The molecule has 21 heavy (non-hydrogen) atoms. The fraction of sp³-hybridized carbons (Fsp3) is 0.462. The third kappa shape index (κ3) is 2.80. The van der Waals surface area contributed by atoms with Crippen molar-refractivity contribution in [3.8, 4) is 0 Å². The summed E-state index contributed by atoms with van der Waals surface area (Å²) in [4.78, 5) is 12.8. The zero-order valence-corrected chi connectivity index (χ0v) is 13.2. The van der Waals surface area contributed by atoms with Crippen molar-refractivity contribution in [2.75, 3.05) is 31.6 Å². The lowest BCUT2D eigenvalue weighted by Gasteiger charge is -2.27. The van der Waals surface area contributed by atoms with Crippen LogP contribution in [0, 0.1) is 0 Å². The van der Waals surface area contributed by atoms with Crippen LogP contribution in [0.4, 0.5) is 5.69 Å². The summed E-state index contributed by atoms with van der Waals surface area (Å²) in [6.45, 7) is 3.36. The molecule has 6 nitrogen and oxygen atoms in total. The molecule has 0 bridgehead atoms. The molecule has 0 spiro atoms. The molecular formula is C13H16N2O4S2. The van der Waals surface area contributed by atoms with E-state index in [4.69, 9.17) is 4.74 Å². The van der Waals surface area contributed by atoms with Gasteiger partial charge in [0.2, 0.25) is 15.9 Å². The molecule has 1 atom stereocenters. The number of ether oxygens (including phenoxy) is 1. The quantitative estimate of drug-likeness (QED) is 0.881. The minimum absolute atomic E-state index is 0.103. The van der Waals surface area contributed by atoms with Gasteiger partial charge in [-0.3, -0.25) is 4.79 Å². The Kier molecular flexibility index (Phi) is 3.96. The van der Waals surface area contributed by atoms with Crippen molar-refractivity contribution >= 4 is 33.4 Å². The van der Waals surface area contributed by atoms with Gasteiger partial charge in [-0.1, -0.05) is 0 Å². The van der Waals surface area contributed by atoms with E-state index in [0.717, 1.165) is 4.90 Å². The summed E-state index contributed by atoms with van der Waals surface area (Å²) in [5.41, 5.74) is 0.567. The summed E-state index contributed by atoms with van der Waals surface area (Å²) in [6.07, 6.45) is 0. The van der Waals surface area contributed by atoms with Crippen LogP contribution in [0.25, 0.3) is 0 Å². The van der Waals surface area contributed by atoms with Crippen LogP contribution in [0.15, 0.2) is 28.0 Å². The Bertz CT molecular complexity index is 669. The van der Waals surface area contributed by atoms with Gasteiger partial charge >= 0.3 is 0 Å². The maximum atomic E-state index is 12.6. The average Bonchev–Trinajstić information content (AvgIpc) is 2.49. The van der Waals surface area contributed by atoms with E-state index in [-0.39, 0.29) is 16.1 Å². The molecule has 1 aromatic carbocycles. The largest absolute Gasteiger partial charge is 0.379 e. The Morgan fingerprint density at radius 1 is 1.33 bits per heavy atom. The van der Waals surface area contributed by atoms with Crippen LogP contribution < -0.4 is 5.32 Å². The molecule has 1 unspecified atom stereocenters. The topological polar surface area (TPSA) is 75.7 Å². The molecule has 1 aromatic rings. The maximum Gasteiger partial charge on any atom is 0.243 e. The smallest absolute Gasteiger partial charge is 0.243 e. The van der Waals surface area contributed by atoms with Crippen LogP contribution in [0.3, 0.4) is 0 Å². The third-order valence-electron chi connectivity index (χ3n) is 3.49. The fourth-order valence-electron chi connectivity index (χ4n) is 2.28. The van der Waals surface area contributed by atoms with E-state index in [1.54, 1.807) is 12.1 Å². The number of sulfonamides is 1. The van der Waals surface area contributed by atoms with Gasteiger partial charge in [0.15, 0.2) is 0 Å². The number of nitrogens with zero attached hydrogens (tertiary/aromatic N) is 1. The highest BCUT2D eigenvalue weighted by atomic mass is 32.2. The number of thioether (sulfide) groups is 1. The van der Waals surface area contributed by atoms with Crippen LogP contribution in [0.2, 0.25) is 0 Å². The first kappa shape index (κ1) is 14.8. The van der Waals surface area contributed by atoms with Gasteiger partial charge < -0.3 is 10.1 Å². The van der Waals surface area contributed by atoms with Crippen LogP contribution in [-0.4, -0.2) is 50.2 Å². The molecule has 0 aliphatic carbocycles. The Balaban J connectivity index is 1.93. The lowest BCUT2D eigenvalue weighted by Crippen LogP contribution is -2.40. The molecule has 0 radical (unpaired) electrons. The summed E-state index contributed by atoms with van der Waals surface area (Å²) in [5.74, 6) is -0.103.